The van der Waals surface area contributed by atoms with E-state index in [9.17, 15) is 5.11 Å². The maximum Gasteiger partial charge on any atom is 0.147 e. The van der Waals surface area contributed by atoms with E-state index in [1.165, 1.54) is 0 Å². The summed E-state index contributed by atoms with van der Waals surface area (Å²) in [6, 6.07) is 0.0948. The summed E-state index contributed by atoms with van der Waals surface area (Å²) in [5, 5.41) is 14.6. The SMILES string of the molecule is Cc1nc(C)n(C2C(C)CC(C)CC2O)n1. The van der Waals surface area contributed by atoms with Gasteiger partial charge in [-0.15, -0.1) is 0 Å². The number of aromatic nitrogens is 3. The molecule has 2 rings (SSSR count). The van der Waals surface area contributed by atoms with E-state index in [1.54, 1.807) is 0 Å². The van der Waals surface area contributed by atoms with Crippen LogP contribution in [0, 0.1) is 25.7 Å². The minimum absolute atomic E-state index is 0.0948. The van der Waals surface area contributed by atoms with Gasteiger partial charge in [0.15, 0.2) is 0 Å². The third-order valence-electron chi connectivity index (χ3n) is 3.59. The van der Waals surface area contributed by atoms with Gasteiger partial charge in [0, 0.05) is 0 Å². The summed E-state index contributed by atoms with van der Waals surface area (Å²) < 4.78 is 1.91. The molecule has 0 radical (unpaired) electrons. The molecule has 1 heterocycles. The molecule has 1 saturated carbocycles. The molecule has 1 aromatic heterocycles. The van der Waals surface area contributed by atoms with Crippen LogP contribution in [-0.4, -0.2) is 26.0 Å². The second kappa shape index (κ2) is 4.17. The van der Waals surface area contributed by atoms with Gasteiger partial charge in [-0.05, 0) is 38.5 Å². The van der Waals surface area contributed by atoms with E-state index in [4.69, 9.17) is 0 Å². The Morgan fingerprint density at radius 3 is 2.44 bits per heavy atom. The molecule has 1 aliphatic rings. The van der Waals surface area contributed by atoms with E-state index in [2.05, 4.69) is 23.9 Å². The first-order valence-corrected chi connectivity index (χ1v) is 6.07. The quantitative estimate of drug-likeness (QED) is 0.790. The van der Waals surface area contributed by atoms with Crippen LogP contribution in [0.1, 0.15) is 44.4 Å². The molecule has 1 fully saturated rings. The Labute approximate surface area is 96.7 Å². The molecule has 0 aliphatic heterocycles. The Kier molecular flexibility index (Phi) is 3.02. The van der Waals surface area contributed by atoms with E-state index < -0.39 is 0 Å². The highest BCUT2D eigenvalue weighted by Crippen LogP contribution is 2.37. The second-order valence-corrected chi connectivity index (χ2v) is 5.26. The summed E-state index contributed by atoms with van der Waals surface area (Å²) in [6.07, 6.45) is 1.73. The predicted molar refractivity (Wildman–Crippen MR) is 62.1 cm³/mol. The van der Waals surface area contributed by atoms with Crippen molar-refractivity contribution in [3.8, 4) is 0 Å². The summed E-state index contributed by atoms with van der Waals surface area (Å²) in [6.45, 7) is 8.25. The molecule has 4 atom stereocenters. The molecule has 0 bridgehead atoms. The van der Waals surface area contributed by atoms with Crippen LogP contribution in [0.2, 0.25) is 0 Å². The molecular formula is C12H21N3O. The molecule has 1 N–H and O–H groups in total. The van der Waals surface area contributed by atoms with Crippen LogP contribution in [0.4, 0.5) is 0 Å². The van der Waals surface area contributed by atoms with E-state index in [1.807, 2.05) is 18.5 Å². The molecule has 0 saturated heterocycles. The van der Waals surface area contributed by atoms with Crippen LogP contribution >= 0.6 is 0 Å². The lowest BCUT2D eigenvalue weighted by Crippen LogP contribution is -2.37. The summed E-state index contributed by atoms with van der Waals surface area (Å²) in [7, 11) is 0. The van der Waals surface area contributed by atoms with Crippen molar-refractivity contribution in [3.05, 3.63) is 11.6 Å². The average molecular weight is 223 g/mol. The van der Waals surface area contributed by atoms with Crippen LogP contribution in [-0.2, 0) is 0 Å². The van der Waals surface area contributed by atoms with Crippen LogP contribution in [0.5, 0.6) is 0 Å². The van der Waals surface area contributed by atoms with Gasteiger partial charge in [-0.1, -0.05) is 13.8 Å². The number of hydrogen-bond acceptors (Lipinski definition) is 3. The van der Waals surface area contributed by atoms with Gasteiger partial charge in [0.05, 0.1) is 12.1 Å². The minimum Gasteiger partial charge on any atom is -0.391 e. The van der Waals surface area contributed by atoms with Crippen LogP contribution in [0.15, 0.2) is 0 Å². The Morgan fingerprint density at radius 1 is 1.25 bits per heavy atom. The van der Waals surface area contributed by atoms with Gasteiger partial charge >= 0.3 is 0 Å². The molecule has 4 unspecified atom stereocenters. The van der Waals surface area contributed by atoms with Crippen molar-refractivity contribution >= 4 is 0 Å². The minimum atomic E-state index is -0.293. The normalized spacial score (nSPS) is 35.3. The molecule has 0 spiro atoms. The van der Waals surface area contributed by atoms with Gasteiger partial charge in [0.25, 0.3) is 0 Å². The van der Waals surface area contributed by atoms with Crippen molar-refractivity contribution in [3.63, 3.8) is 0 Å². The maximum absolute atomic E-state index is 10.2. The number of rotatable bonds is 1. The molecule has 4 nitrogen and oxygen atoms in total. The van der Waals surface area contributed by atoms with Crippen LogP contribution in [0.3, 0.4) is 0 Å². The highest BCUT2D eigenvalue weighted by molar-refractivity contribution is 4.95. The zero-order valence-electron chi connectivity index (χ0n) is 10.5. The Bertz CT molecular complexity index is 362. The highest BCUT2D eigenvalue weighted by atomic mass is 16.3. The Hall–Kier alpha value is -0.900. The third-order valence-corrected chi connectivity index (χ3v) is 3.59. The molecule has 0 aromatic carbocycles. The van der Waals surface area contributed by atoms with E-state index in [-0.39, 0.29) is 12.1 Å². The largest absolute Gasteiger partial charge is 0.391 e. The van der Waals surface area contributed by atoms with Crippen LogP contribution in [0.25, 0.3) is 0 Å². The number of aliphatic hydroxyl groups excluding tert-OH is 1. The fourth-order valence-corrected chi connectivity index (χ4v) is 3.02. The van der Waals surface area contributed by atoms with Gasteiger partial charge in [-0.2, -0.15) is 5.10 Å². The fourth-order valence-electron chi connectivity index (χ4n) is 3.02. The van der Waals surface area contributed by atoms with E-state index in [0.29, 0.717) is 11.8 Å². The van der Waals surface area contributed by atoms with Gasteiger partial charge in [-0.25, -0.2) is 9.67 Å². The molecule has 4 heteroatoms. The smallest absolute Gasteiger partial charge is 0.147 e. The first-order chi connectivity index (χ1) is 7.49. The van der Waals surface area contributed by atoms with Gasteiger partial charge in [0.2, 0.25) is 0 Å². The zero-order chi connectivity index (χ0) is 11.9. The highest BCUT2D eigenvalue weighted by Gasteiger charge is 2.35. The summed E-state index contributed by atoms with van der Waals surface area (Å²) in [5.74, 6) is 2.75. The zero-order valence-corrected chi connectivity index (χ0v) is 10.5. The lowest BCUT2D eigenvalue weighted by atomic mass is 9.78. The number of aryl methyl sites for hydroxylation is 2. The van der Waals surface area contributed by atoms with Crippen molar-refractivity contribution in [1.82, 2.24) is 14.8 Å². The predicted octanol–water partition coefficient (Wildman–Crippen LogP) is 1.86. The lowest BCUT2D eigenvalue weighted by Gasteiger charge is -2.37. The molecular weight excluding hydrogens is 202 g/mol. The summed E-state index contributed by atoms with van der Waals surface area (Å²) in [5.41, 5.74) is 0. The average Bonchev–Trinajstić information content (AvgIpc) is 2.43. The van der Waals surface area contributed by atoms with E-state index in [0.717, 1.165) is 24.5 Å². The van der Waals surface area contributed by atoms with Crippen molar-refractivity contribution in [2.75, 3.05) is 0 Å². The number of hydrogen-bond donors (Lipinski definition) is 1. The summed E-state index contributed by atoms with van der Waals surface area (Å²) in [4.78, 5) is 4.31. The van der Waals surface area contributed by atoms with Crippen LogP contribution < -0.4 is 0 Å². The first-order valence-electron chi connectivity index (χ1n) is 6.07. The molecule has 1 aromatic rings. The Morgan fingerprint density at radius 2 is 1.94 bits per heavy atom. The van der Waals surface area contributed by atoms with Crippen molar-refractivity contribution < 1.29 is 5.11 Å². The van der Waals surface area contributed by atoms with Gasteiger partial charge in [-0.3, -0.25) is 0 Å². The lowest BCUT2D eigenvalue weighted by molar-refractivity contribution is 0.0165. The Balaban J connectivity index is 2.29. The molecule has 0 amide bonds. The molecule has 16 heavy (non-hydrogen) atoms. The van der Waals surface area contributed by atoms with Crippen molar-refractivity contribution in [2.45, 2.75) is 52.7 Å². The van der Waals surface area contributed by atoms with E-state index >= 15 is 0 Å². The third kappa shape index (κ3) is 1.98. The topological polar surface area (TPSA) is 50.9 Å². The fraction of sp³-hybridized carbons (Fsp3) is 0.833. The number of aliphatic hydroxyl groups is 1. The van der Waals surface area contributed by atoms with Gasteiger partial charge < -0.3 is 5.11 Å². The van der Waals surface area contributed by atoms with Crippen molar-refractivity contribution in [1.29, 1.82) is 0 Å². The maximum atomic E-state index is 10.2. The summed E-state index contributed by atoms with van der Waals surface area (Å²) >= 11 is 0. The van der Waals surface area contributed by atoms with Gasteiger partial charge in [0.1, 0.15) is 11.6 Å². The van der Waals surface area contributed by atoms with Crippen molar-refractivity contribution in [2.24, 2.45) is 11.8 Å². The second-order valence-electron chi connectivity index (χ2n) is 5.26. The first kappa shape index (κ1) is 11.6. The molecule has 90 valence electrons. The monoisotopic (exact) mass is 223 g/mol. The standard InChI is InChI=1S/C12H21N3O/c1-7-5-8(2)12(11(16)6-7)15-10(4)13-9(3)14-15/h7-8,11-12,16H,5-6H2,1-4H3. The molecule has 1 aliphatic carbocycles. The number of nitrogens with zero attached hydrogens (tertiary/aromatic N) is 3.